The van der Waals surface area contributed by atoms with Crippen LogP contribution in [0.1, 0.15) is 45.6 Å². The lowest BCUT2D eigenvalue weighted by Crippen LogP contribution is -2.38. The van der Waals surface area contributed by atoms with E-state index in [2.05, 4.69) is 5.16 Å². The van der Waals surface area contributed by atoms with Crippen LogP contribution in [0.25, 0.3) is 22.7 Å². The monoisotopic (exact) mass is 555 g/mol. The van der Waals surface area contributed by atoms with Gasteiger partial charge in [0.1, 0.15) is 17.1 Å². The highest BCUT2D eigenvalue weighted by atomic mass is 35.5. The van der Waals surface area contributed by atoms with Gasteiger partial charge in [0.15, 0.2) is 5.76 Å². The number of benzene rings is 1. The summed E-state index contributed by atoms with van der Waals surface area (Å²) in [7, 11) is 0. The number of hydrogen-bond acceptors (Lipinski definition) is 6. The summed E-state index contributed by atoms with van der Waals surface area (Å²) >= 11 is 13.5. The number of rotatable bonds is 4. The average molecular weight is 556 g/mol. The summed E-state index contributed by atoms with van der Waals surface area (Å²) in [4.78, 5) is 18.9. The summed E-state index contributed by atoms with van der Waals surface area (Å²) in [6.45, 7) is 2.04. The molecule has 1 aliphatic rings. The second kappa shape index (κ2) is 9.57. The number of likely N-dealkylation sites (tertiary alicyclic amines) is 1. The molecule has 0 bridgehead atoms. The highest BCUT2D eigenvalue weighted by molar-refractivity contribution is 7.10. The Hall–Kier alpha value is -2.82. The molecule has 3 aromatic heterocycles. The molecule has 12 heteroatoms. The zero-order valence-electron chi connectivity index (χ0n) is 18.7. The maximum atomic E-state index is 13.3. The van der Waals surface area contributed by atoms with E-state index in [1.165, 1.54) is 23.2 Å². The number of aryl methyl sites for hydroxylation is 1. The van der Waals surface area contributed by atoms with Crippen LogP contribution < -0.4 is 0 Å². The van der Waals surface area contributed by atoms with Crippen molar-refractivity contribution in [1.29, 1.82) is 0 Å². The van der Waals surface area contributed by atoms with Gasteiger partial charge in [-0.3, -0.25) is 4.79 Å². The van der Waals surface area contributed by atoms with E-state index in [4.69, 9.17) is 37.1 Å². The molecule has 0 atom stereocenters. The number of piperidine rings is 1. The van der Waals surface area contributed by atoms with E-state index in [9.17, 15) is 18.0 Å². The Morgan fingerprint density at radius 2 is 1.86 bits per heavy atom. The summed E-state index contributed by atoms with van der Waals surface area (Å²) in [6.07, 6.45) is -3.56. The van der Waals surface area contributed by atoms with Crippen molar-refractivity contribution in [3.8, 4) is 22.7 Å². The third kappa shape index (κ3) is 4.89. The van der Waals surface area contributed by atoms with Crippen molar-refractivity contribution in [2.75, 3.05) is 13.1 Å². The van der Waals surface area contributed by atoms with Gasteiger partial charge in [0, 0.05) is 36.0 Å². The van der Waals surface area contributed by atoms with E-state index in [1.807, 2.05) is 5.38 Å². The second-order valence-corrected chi connectivity index (χ2v) is 10.1. The van der Waals surface area contributed by atoms with Crippen molar-refractivity contribution < 1.29 is 26.9 Å². The van der Waals surface area contributed by atoms with Crippen molar-refractivity contribution in [2.45, 2.75) is 31.9 Å². The van der Waals surface area contributed by atoms with Crippen LogP contribution in [0.4, 0.5) is 13.2 Å². The number of halogens is 5. The molecule has 1 amide bonds. The Morgan fingerprint density at radius 3 is 2.56 bits per heavy atom. The average Bonchev–Trinajstić information content (AvgIpc) is 3.59. The molecule has 0 N–H and O–H groups in total. The van der Waals surface area contributed by atoms with E-state index in [0.29, 0.717) is 53.1 Å². The molecular weight excluding hydrogens is 538 g/mol. The maximum absolute atomic E-state index is 13.3. The molecule has 5 rings (SSSR count). The number of carbonyl (C=O) groups excluding carboxylic acids is 1. The van der Waals surface area contributed by atoms with Gasteiger partial charge >= 0.3 is 6.18 Å². The molecule has 1 aromatic carbocycles. The van der Waals surface area contributed by atoms with Gasteiger partial charge in [-0.25, -0.2) is 4.98 Å². The lowest BCUT2D eigenvalue weighted by Gasteiger charge is -2.31. The van der Waals surface area contributed by atoms with Crippen LogP contribution in [0.15, 0.2) is 44.7 Å². The number of thiazole rings is 1. The summed E-state index contributed by atoms with van der Waals surface area (Å²) < 4.78 is 50.0. The first kappa shape index (κ1) is 24.9. The minimum Gasteiger partial charge on any atom is -0.456 e. The highest BCUT2D eigenvalue weighted by Gasteiger charge is 2.41. The summed E-state index contributed by atoms with van der Waals surface area (Å²) in [5.74, 6) is -1.29. The van der Waals surface area contributed by atoms with Crippen molar-refractivity contribution >= 4 is 40.4 Å². The predicted molar refractivity (Wildman–Crippen MR) is 129 cm³/mol. The Labute approximate surface area is 217 Å². The topological polar surface area (TPSA) is 72.4 Å². The second-order valence-electron chi connectivity index (χ2n) is 8.44. The van der Waals surface area contributed by atoms with Gasteiger partial charge in [-0.1, -0.05) is 34.4 Å². The fourth-order valence-electron chi connectivity index (χ4n) is 4.16. The summed E-state index contributed by atoms with van der Waals surface area (Å²) in [5.41, 5.74) is 1.54. The van der Waals surface area contributed by atoms with Gasteiger partial charge < -0.3 is 13.8 Å². The molecule has 1 saturated heterocycles. The van der Waals surface area contributed by atoms with Gasteiger partial charge in [0.05, 0.1) is 20.6 Å². The van der Waals surface area contributed by atoms with Gasteiger partial charge in [-0.2, -0.15) is 13.2 Å². The van der Waals surface area contributed by atoms with Crippen molar-refractivity contribution in [3.05, 3.63) is 67.8 Å². The molecule has 188 valence electrons. The van der Waals surface area contributed by atoms with Crippen LogP contribution in [0.5, 0.6) is 0 Å². The molecule has 1 fully saturated rings. The number of amides is 1. The van der Waals surface area contributed by atoms with Crippen LogP contribution >= 0.6 is 34.5 Å². The van der Waals surface area contributed by atoms with Crippen molar-refractivity contribution in [1.82, 2.24) is 15.0 Å². The normalized spacial score (nSPS) is 15.0. The summed E-state index contributed by atoms with van der Waals surface area (Å²) in [6, 6.07) is 8.09. The first-order chi connectivity index (χ1) is 17.1. The molecule has 0 unspecified atom stereocenters. The van der Waals surface area contributed by atoms with E-state index in [-0.39, 0.29) is 11.7 Å². The lowest BCUT2D eigenvalue weighted by molar-refractivity contribution is -0.153. The number of furan rings is 1. The number of aromatic nitrogens is 2. The molecule has 0 spiro atoms. The Morgan fingerprint density at radius 1 is 1.11 bits per heavy atom. The minimum atomic E-state index is -4.73. The third-order valence-corrected chi connectivity index (χ3v) is 7.72. The molecule has 1 aliphatic heterocycles. The van der Waals surface area contributed by atoms with Crippen LogP contribution in [0.2, 0.25) is 10.0 Å². The maximum Gasteiger partial charge on any atom is 0.450 e. The Balaban J connectivity index is 1.26. The zero-order chi connectivity index (χ0) is 25.6. The fourth-order valence-corrected chi connectivity index (χ4v) is 5.44. The van der Waals surface area contributed by atoms with E-state index in [1.54, 1.807) is 24.3 Å². The van der Waals surface area contributed by atoms with Gasteiger partial charge in [0.25, 0.3) is 5.91 Å². The van der Waals surface area contributed by atoms with Crippen LogP contribution in [-0.2, 0) is 6.18 Å². The van der Waals surface area contributed by atoms with E-state index in [0.717, 1.165) is 16.6 Å². The van der Waals surface area contributed by atoms with Crippen molar-refractivity contribution in [2.24, 2.45) is 0 Å². The summed E-state index contributed by atoms with van der Waals surface area (Å²) in [5, 5.41) is 7.70. The van der Waals surface area contributed by atoms with E-state index < -0.39 is 23.4 Å². The molecule has 0 aliphatic carbocycles. The first-order valence-electron chi connectivity index (χ1n) is 10.9. The first-order valence-corrected chi connectivity index (χ1v) is 12.6. The number of carbonyl (C=O) groups is 1. The van der Waals surface area contributed by atoms with Crippen LogP contribution in [0, 0.1) is 6.92 Å². The fraction of sp³-hybridized carbons (Fsp3) is 0.292. The standard InChI is InChI=1S/C24H18Cl2F3N3O3S/c1-12-8-15(21(34-12)24(27,28)29)23(33)32-6-4-13(5-7-32)22-30-19(11-36-22)20-10-18(31-35-20)14-2-3-16(25)17(26)9-14/h2-3,8-11,13H,4-7H2,1H3. The molecular formula is C24H18Cl2F3N3O3S. The number of hydrogen-bond donors (Lipinski definition) is 0. The Kier molecular flexibility index (Phi) is 6.61. The largest absolute Gasteiger partial charge is 0.456 e. The van der Waals surface area contributed by atoms with Gasteiger partial charge in [0.2, 0.25) is 5.76 Å². The molecule has 4 aromatic rings. The number of nitrogens with zero attached hydrogens (tertiary/aromatic N) is 3. The van der Waals surface area contributed by atoms with Gasteiger partial charge in [-0.15, -0.1) is 11.3 Å². The SMILES string of the molecule is Cc1cc(C(=O)N2CCC(c3nc(-c4cc(-c5ccc(Cl)c(Cl)c5)no4)cs3)CC2)c(C(F)(F)F)o1. The van der Waals surface area contributed by atoms with Crippen LogP contribution in [0.3, 0.4) is 0 Å². The third-order valence-electron chi connectivity index (χ3n) is 5.97. The molecule has 0 saturated carbocycles. The van der Waals surface area contributed by atoms with Gasteiger partial charge in [-0.05, 0) is 38.0 Å². The lowest BCUT2D eigenvalue weighted by atomic mass is 9.97. The molecule has 4 heterocycles. The molecule has 0 radical (unpaired) electrons. The van der Waals surface area contributed by atoms with E-state index >= 15 is 0 Å². The smallest absolute Gasteiger partial charge is 0.450 e. The highest BCUT2D eigenvalue weighted by Crippen LogP contribution is 2.37. The molecule has 6 nitrogen and oxygen atoms in total. The molecule has 36 heavy (non-hydrogen) atoms. The zero-order valence-corrected chi connectivity index (χ0v) is 21.1. The predicted octanol–water partition coefficient (Wildman–Crippen LogP) is 7.71. The number of alkyl halides is 3. The van der Waals surface area contributed by atoms with Crippen molar-refractivity contribution in [3.63, 3.8) is 0 Å². The quantitative estimate of drug-likeness (QED) is 0.258. The minimum absolute atomic E-state index is 0.0469. The Bertz CT molecular complexity index is 1420. The van der Waals surface area contributed by atoms with Crippen LogP contribution in [-0.4, -0.2) is 34.0 Å².